The Morgan fingerprint density at radius 3 is 2.44 bits per heavy atom. The van der Waals surface area contributed by atoms with Gasteiger partial charge in [0, 0.05) is 5.56 Å². The highest BCUT2D eigenvalue weighted by atomic mass is 16.5. The molecule has 2 heteroatoms. The quantitative estimate of drug-likeness (QED) is 0.791. The maximum atomic E-state index is 5.57. The van der Waals surface area contributed by atoms with E-state index in [4.69, 9.17) is 9.47 Å². The fourth-order valence-corrected chi connectivity index (χ4v) is 1.64. The van der Waals surface area contributed by atoms with E-state index in [1.165, 1.54) is 0 Å². The molecule has 0 saturated carbocycles. The van der Waals surface area contributed by atoms with E-state index in [2.05, 4.69) is 0 Å². The number of hydrogen-bond donors (Lipinski definition) is 0. The second kappa shape index (κ2) is 6.50. The van der Waals surface area contributed by atoms with E-state index in [1.807, 2.05) is 66.7 Å². The van der Waals surface area contributed by atoms with E-state index in [0.717, 1.165) is 17.1 Å². The van der Waals surface area contributed by atoms with Crippen molar-refractivity contribution in [3.05, 3.63) is 66.2 Å². The molecular formula is C16H16O2. The van der Waals surface area contributed by atoms with E-state index in [1.54, 1.807) is 7.11 Å². The van der Waals surface area contributed by atoms with Crippen molar-refractivity contribution in [1.29, 1.82) is 0 Å². The predicted octanol–water partition coefficient (Wildman–Crippen LogP) is 3.79. The molecule has 0 bridgehead atoms. The summed E-state index contributed by atoms with van der Waals surface area (Å²) in [7, 11) is 1.67. The molecule has 0 unspecified atom stereocenters. The lowest BCUT2D eigenvalue weighted by Crippen LogP contribution is -1.92. The Balaban J connectivity index is 1.92. The number of rotatable bonds is 5. The maximum absolute atomic E-state index is 5.57. The minimum atomic E-state index is 0.544. The molecule has 0 heterocycles. The average molecular weight is 240 g/mol. The van der Waals surface area contributed by atoms with Crippen molar-refractivity contribution >= 4 is 6.08 Å². The normalized spacial score (nSPS) is 10.5. The lowest BCUT2D eigenvalue weighted by Gasteiger charge is -2.04. The first kappa shape index (κ1) is 12.2. The van der Waals surface area contributed by atoms with Gasteiger partial charge in [-0.25, -0.2) is 0 Å². The van der Waals surface area contributed by atoms with Gasteiger partial charge in [-0.15, -0.1) is 0 Å². The molecule has 0 spiro atoms. The van der Waals surface area contributed by atoms with Gasteiger partial charge < -0.3 is 9.47 Å². The molecule has 2 nitrogen and oxygen atoms in total. The minimum absolute atomic E-state index is 0.544. The lowest BCUT2D eigenvalue weighted by molar-refractivity contribution is 0.363. The molecule has 2 aromatic carbocycles. The highest BCUT2D eigenvalue weighted by Crippen LogP contribution is 2.18. The Morgan fingerprint density at radius 2 is 1.67 bits per heavy atom. The molecular weight excluding hydrogens is 224 g/mol. The molecule has 0 atom stereocenters. The first-order valence-electron chi connectivity index (χ1n) is 5.87. The highest BCUT2D eigenvalue weighted by molar-refractivity contribution is 5.57. The largest absolute Gasteiger partial charge is 0.496 e. The van der Waals surface area contributed by atoms with Gasteiger partial charge in [-0.2, -0.15) is 0 Å². The Hall–Kier alpha value is -2.22. The third kappa shape index (κ3) is 3.39. The topological polar surface area (TPSA) is 18.5 Å². The molecule has 0 fully saturated rings. The monoisotopic (exact) mass is 240 g/mol. The zero-order chi connectivity index (χ0) is 12.6. The third-order valence-electron chi connectivity index (χ3n) is 2.53. The molecule has 0 aliphatic rings. The molecule has 0 aromatic heterocycles. The summed E-state index contributed by atoms with van der Waals surface area (Å²) < 4.78 is 10.8. The zero-order valence-electron chi connectivity index (χ0n) is 10.4. The van der Waals surface area contributed by atoms with Crippen LogP contribution in [0.1, 0.15) is 5.56 Å². The maximum Gasteiger partial charge on any atom is 0.126 e. The van der Waals surface area contributed by atoms with Gasteiger partial charge in [0.05, 0.1) is 7.11 Å². The number of para-hydroxylation sites is 2. The second-order valence-electron chi connectivity index (χ2n) is 3.77. The van der Waals surface area contributed by atoms with Crippen LogP contribution in [0.3, 0.4) is 0 Å². The molecule has 0 saturated heterocycles. The van der Waals surface area contributed by atoms with Crippen molar-refractivity contribution < 1.29 is 9.47 Å². The van der Waals surface area contributed by atoms with Crippen LogP contribution in [0.2, 0.25) is 0 Å². The van der Waals surface area contributed by atoms with Crippen molar-refractivity contribution in [2.45, 2.75) is 0 Å². The van der Waals surface area contributed by atoms with Crippen LogP contribution in [-0.2, 0) is 0 Å². The van der Waals surface area contributed by atoms with Gasteiger partial charge in [0.2, 0.25) is 0 Å². The van der Waals surface area contributed by atoms with E-state index in [-0.39, 0.29) is 0 Å². The summed E-state index contributed by atoms with van der Waals surface area (Å²) in [6.45, 7) is 0.544. The highest BCUT2D eigenvalue weighted by Gasteiger charge is 1.96. The van der Waals surface area contributed by atoms with Gasteiger partial charge in [0.25, 0.3) is 0 Å². The van der Waals surface area contributed by atoms with E-state index in [0.29, 0.717) is 6.61 Å². The first-order valence-corrected chi connectivity index (χ1v) is 5.87. The van der Waals surface area contributed by atoms with Crippen LogP contribution in [0.5, 0.6) is 11.5 Å². The van der Waals surface area contributed by atoms with Crippen LogP contribution in [0.4, 0.5) is 0 Å². The van der Waals surface area contributed by atoms with Crippen LogP contribution in [0, 0.1) is 0 Å². The summed E-state index contributed by atoms with van der Waals surface area (Å²) in [5.74, 6) is 1.75. The van der Waals surface area contributed by atoms with Crippen LogP contribution in [-0.4, -0.2) is 13.7 Å². The van der Waals surface area contributed by atoms with Crippen molar-refractivity contribution in [3.63, 3.8) is 0 Å². The van der Waals surface area contributed by atoms with Gasteiger partial charge in [0.1, 0.15) is 18.1 Å². The Bertz CT molecular complexity index is 504. The SMILES string of the molecule is COc1ccccc1C=CCOc1ccccc1. The summed E-state index contributed by atoms with van der Waals surface area (Å²) in [4.78, 5) is 0. The lowest BCUT2D eigenvalue weighted by atomic mass is 10.2. The van der Waals surface area contributed by atoms with Crippen LogP contribution >= 0.6 is 0 Å². The van der Waals surface area contributed by atoms with Gasteiger partial charge >= 0.3 is 0 Å². The van der Waals surface area contributed by atoms with Crippen molar-refractivity contribution in [3.8, 4) is 11.5 Å². The van der Waals surface area contributed by atoms with E-state index >= 15 is 0 Å². The third-order valence-corrected chi connectivity index (χ3v) is 2.53. The number of benzene rings is 2. The molecule has 0 aliphatic heterocycles. The van der Waals surface area contributed by atoms with Gasteiger partial charge in [-0.05, 0) is 24.3 Å². The zero-order valence-corrected chi connectivity index (χ0v) is 10.4. The summed E-state index contributed by atoms with van der Waals surface area (Å²) in [6, 6.07) is 17.7. The van der Waals surface area contributed by atoms with Crippen molar-refractivity contribution in [2.24, 2.45) is 0 Å². The fraction of sp³-hybridized carbons (Fsp3) is 0.125. The molecule has 0 N–H and O–H groups in total. The number of methoxy groups -OCH3 is 1. The van der Waals surface area contributed by atoms with Gasteiger partial charge in [-0.3, -0.25) is 0 Å². The Labute approximate surface area is 107 Å². The van der Waals surface area contributed by atoms with Crippen molar-refractivity contribution in [1.82, 2.24) is 0 Å². The second-order valence-corrected chi connectivity index (χ2v) is 3.77. The van der Waals surface area contributed by atoms with Crippen LogP contribution in [0.15, 0.2) is 60.7 Å². The van der Waals surface area contributed by atoms with Crippen LogP contribution < -0.4 is 9.47 Å². The smallest absolute Gasteiger partial charge is 0.126 e. The summed E-state index contributed by atoms with van der Waals surface area (Å²) in [5.41, 5.74) is 1.05. The molecule has 92 valence electrons. The molecule has 18 heavy (non-hydrogen) atoms. The van der Waals surface area contributed by atoms with Crippen LogP contribution in [0.25, 0.3) is 6.08 Å². The van der Waals surface area contributed by atoms with Gasteiger partial charge in [0.15, 0.2) is 0 Å². The number of ether oxygens (including phenoxy) is 2. The van der Waals surface area contributed by atoms with Crippen molar-refractivity contribution in [2.75, 3.05) is 13.7 Å². The first-order chi connectivity index (χ1) is 8.90. The average Bonchev–Trinajstić information content (AvgIpc) is 2.45. The predicted molar refractivity (Wildman–Crippen MR) is 74.0 cm³/mol. The Morgan fingerprint density at radius 1 is 0.944 bits per heavy atom. The standard InChI is InChI=1S/C16H16O2/c1-17-16-12-6-5-8-14(16)9-7-13-18-15-10-3-2-4-11-15/h2-12H,13H2,1H3. The summed E-state index contributed by atoms with van der Waals surface area (Å²) >= 11 is 0. The fourth-order valence-electron chi connectivity index (χ4n) is 1.64. The Kier molecular flexibility index (Phi) is 4.42. The molecule has 2 rings (SSSR count). The van der Waals surface area contributed by atoms with Gasteiger partial charge in [-0.1, -0.05) is 42.5 Å². The number of hydrogen-bond acceptors (Lipinski definition) is 2. The molecule has 0 aliphatic carbocycles. The summed E-state index contributed by atoms with van der Waals surface area (Å²) in [5, 5.41) is 0. The molecule has 0 radical (unpaired) electrons. The molecule has 2 aromatic rings. The van der Waals surface area contributed by atoms with E-state index < -0.39 is 0 Å². The molecule has 0 amide bonds. The van der Waals surface area contributed by atoms with E-state index in [9.17, 15) is 0 Å². The summed E-state index contributed by atoms with van der Waals surface area (Å²) in [6.07, 6.45) is 3.98. The minimum Gasteiger partial charge on any atom is -0.496 e.